The zero-order valence-corrected chi connectivity index (χ0v) is 9.96. The van der Waals surface area contributed by atoms with Gasteiger partial charge in [-0.05, 0) is 38.4 Å². The third-order valence-corrected chi connectivity index (χ3v) is 1.93. The minimum absolute atomic E-state index is 0.317. The quantitative estimate of drug-likeness (QED) is 0.213. The zero-order valence-electron chi connectivity index (χ0n) is 9.14. The van der Waals surface area contributed by atoms with Crippen LogP contribution in [-0.4, -0.2) is 36.4 Å². The van der Waals surface area contributed by atoms with Crippen LogP contribution in [0.1, 0.15) is 26.2 Å². The van der Waals surface area contributed by atoms with E-state index < -0.39 is 12.0 Å². The molecule has 0 aliphatic carbocycles. The molecule has 16 heavy (non-hydrogen) atoms. The number of aliphatic imine (C=N–C) groups is 2. The fraction of sp³-hybridized carbons (Fsp3) is 0.700. The van der Waals surface area contributed by atoms with Gasteiger partial charge in [-0.3, -0.25) is 0 Å². The number of isothiocyanates is 1. The Balaban J connectivity index is 3.98. The molecular formula is C10H14N2O3S. The number of carbonyl (C=O) groups excluding carboxylic acids is 2. The van der Waals surface area contributed by atoms with Crippen LogP contribution in [-0.2, 0) is 14.3 Å². The first-order valence-electron chi connectivity index (χ1n) is 5.03. The van der Waals surface area contributed by atoms with Crippen LogP contribution in [0.5, 0.6) is 0 Å². The van der Waals surface area contributed by atoms with E-state index >= 15 is 0 Å². The van der Waals surface area contributed by atoms with E-state index in [4.69, 9.17) is 4.74 Å². The Labute approximate surface area is 99.6 Å². The van der Waals surface area contributed by atoms with Crippen LogP contribution in [0.4, 0.5) is 0 Å². The highest BCUT2D eigenvalue weighted by Crippen LogP contribution is 2.06. The van der Waals surface area contributed by atoms with Crippen molar-refractivity contribution in [2.45, 2.75) is 32.2 Å². The topological polar surface area (TPSA) is 68.1 Å². The van der Waals surface area contributed by atoms with Crippen LogP contribution in [0, 0.1) is 0 Å². The molecule has 0 amide bonds. The van der Waals surface area contributed by atoms with Crippen molar-refractivity contribution in [1.82, 2.24) is 0 Å². The number of hydrogen-bond acceptors (Lipinski definition) is 6. The fourth-order valence-electron chi connectivity index (χ4n) is 1.11. The Morgan fingerprint density at radius 2 is 2.25 bits per heavy atom. The van der Waals surface area contributed by atoms with Crippen LogP contribution in [0.2, 0.25) is 0 Å². The summed E-state index contributed by atoms with van der Waals surface area (Å²) >= 11 is 4.46. The summed E-state index contributed by atoms with van der Waals surface area (Å²) in [6.45, 7) is 2.47. The van der Waals surface area contributed by atoms with Crippen molar-refractivity contribution < 1.29 is 14.3 Å². The van der Waals surface area contributed by atoms with Crippen molar-refractivity contribution in [3.05, 3.63) is 0 Å². The second kappa shape index (κ2) is 10.2. The van der Waals surface area contributed by atoms with Gasteiger partial charge in [0.2, 0.25) is 6.08 Å². The number of nitrogens with zero attached hydrogens (tertiary/aromatic N) is 2. The number of isocyanates is 1. The number of thiocarbonyl (C=S) groups is 1. The Morgan fingerprint density at radius 1 is 1.50 bits per heavy atom. The predicted molar refractivity (Wildman–Crippen MR) is 62.3 cm³/mol. The van der Waals surface area contributed by atoms with Gasteiger partial charge in [0.25, 0.3) is 0 Å². The highest BCUT2D eigenvalue weighted by Gasteiger charge is 2.17. The Bertz CT molecular complexity index is 307. The molecule has 88 valence electrons. The lowest BCUT2D eigenvalue weighted by molar-refractivity contribution is -0.144. The zero-order chi connectivity index (χ0) is 12.2. The lowest BCUT2D eigenvalue weighted by atomic mass is 10.1. The lowest BCUT2D eigenvalue weighted by Gasteiger charge is -2.08. The van der Waals surface area contributed by atoms with Crippen LogP contribution in [0.25, 0.3) is 0 Å². The molecule has 0 aliphatic heterocycles. The average molecular weight is 242 g/mol. The van der Waals surface area contributed by atoms with Crippen molar-refractivity contribution in [3.63, 3.8) is 0 Å². The van der Waals surface area contributed by atoms with E-state index in [1.54, 1.807) is 6.92 Å². The Hall–Kier alpha value is -1.35. The number of hydrogen-bond donors (Lipinski definition) is 0. The van der Waals surface area contributed by atoms with Crippen LogP contribution >= 0.6 is 12.2 Å². The first-order valence-corrected chi connectivity index (χ1v) is 5.44. The highest BCUT2D eigenvalue weighted by molar-refractivity contribution is 7.78. The molecule has 0 saturated heterocycles. The molecular weight excluding hydrogens is 228 g/mol. The van der Waals surface area contributed by atoms with E-state index in [-0.39, 0.29) is 0 Å². The Morgan fingerprint density at radius 3 is 2.81 bits per heavy atom. The second-order valence-corrected chi connectivity index (χ2v) is 3.14. The molecule has 5 nitrogen and oxygen atoms in total. The molecule has 0 bridgehead atoms. The van der Waals surface area contributed by atoms with Crippen LogP contribution in [0.3, 0.4) is 0 Å². The fourth-order valence-corrected chi connectivity index (χ4v) is 1.24. The third kappa shape index (κ3) is 7.01. The molecule has 0 saturated carbocycles. The van der Waals surface area contributed by atoms with Gasteiger partial charge in [-0.15, -0.1) is 0 Å². The van der Waals surface area contributed by atoms with Gasteiger partial charge in [-0.25, -0.2) is 19.6 Å². The standard InChI is InChI=1S/C10H14N2O3S/c1-2-15-10(14)9(12-8-16)5-3-4-6-11-7-13/h9H,2-6H2,1H3. The molecule has 0 aromatic heterocycles. The van der Waals surface area contributed by atoms with Crippen LogP contribution < -0.4 is 0 Å². The number of ether oxygens (including phenoxy) is 1. The summed E-state index contributed by atoms with van der Waals surface area (Å²) in [6, 6.07) is -0.585. The predicted octanol–water partition coefficient (Wildman–Crippen LogP) is 1.53. The smallest absolute Gasteiger partial charge is 0.331 e. The average Bonchev–Trinajstić information content (AvgIpc) is 2.27. The van der Waals surface area contributed by atoms with E-state index in [9.17, 15) is 9.59 Å². The largest absolute Gasteiger partial charge is 0.464 e. The molecule has 0 fully saturated rings. The van der Waals surface area contributed by atoms with Crippen molar-refractivity contribution in [2.24, 2.45) is 9.98 Å². The summed E-state index contributed by atoms with van der Waals surface area (Å²) in [6.07, 6.45) is 3.40. The summed E-state index contributed by atoms with van der Waals surface area (Å²) in [4.78, 5) is 28.3. The van der Waals surface area contributed by atoms with Gasteiger partial charge >= 0.3 is 5.97 Å². The van der Waals surface area contributed by atoms with E-state index in [2.05, 4.69) is 27.4 Å². The van der Waals surface area contributed by atoms with Gasteiger partial charge in [0.15, 0.2) is 6.04 Å². The first kappa shape index (κ1) is 14.6. The number of unbranched alkanes of at least 4 members (excludes halogenated alkanes) is 1. The van der Waals surface area contributed by atoms with Gasteiger partial charge in [0.05, 0.1) is 18.3 Å². The Kier molecular flexibility index (Phi) is 9.32. The maximum atomic E-state index is 11.4. The molecule has 0 aromatic rings. The van der Waals surface area contributed by atoms with Crippen LogP contribution in [0.15, 0.2) is 9.98 Å². The van der Waals surface area contributed by atoms with Crippen molar-refractivity contribution in [3.8, 4) is 0 Å². The molecule has 0 spiro atoms. The minimum Gasteiger partial charge on any atom is -0.464 e. The maximum absolute atomic E-state index is 11.4. The third-order valence-electron chi connectivity index (χ3n) is 1.83. The SMILES string of the molecule is CCOC(=O)C(CCCCN=C=O)N=C=S. The number of carbonyl (C=O) groups is 1. The highest BCUT2D eigenvalue weighted by atomic mass is 32.1. The summed E-state index contributed by atoms with van der Waals surface area (Å²) in [5.41, 5.74) is 0. The van der Waals surface area contributed by atoms with E-state index in [0.717, 1.165) is 6.42 Å². The molecule has 0 aliphatic rings. The van der Waals surface area contributed by atoms with Gasteiger partial charge in [-0.2, -0.15) is 0 Å². The summed E-state index contributed by atoms with van der Waals surface area (Å²) < 4.78 is 4.83. The second-order valence-electron chi connectivity index (χ2n) is 2.96. The number of esters is 1. The molecule has 0 heterocycles. The molecule has 0 aromatic carbocycles. The minimum atomic E-state index is -0.585. The van der Waals surface area contributed by atoms with Gasteiger partial charge in [0.1, 0.15) is 0 Å². The van der Waals surface area contributed by atoms with Crippen molar-refractivity contribution in [1.29, 1.82) is 0 Å². The summed E-state index contributed by atoms with van der Waals surface area (Å²) in [5, 5.41) is 2.18. The van der Waals surface area contributed by atoms with E-state index in [0.29, 0.717) is 26.0 Å². The molecule has 1 unspecified atom stereocenters. The molecule has 0 N–H and O–H groups in total. The summed E-state index contributed by atoms with van der Waals surface area (Å²) in [7, 11) is 0. The molecule has 1 atom stereocenters. The van der Waals surface area contributed by atoms with E-state index in [1.807, 2.05) is 0 Å². The van der Waals surface area contributed by atoms with Gasteiger partial charge < -0.3 is 4.74 Å². The molecule has 0 radical (unpaired) electrons. The molecule has 6 heteroatoms. The van der Waals surface area contributed by atoms with Gasteiger partial charge in [0, 0.05) is 0 Å². The van der Waals surface area contributed by atoms with Crippen molar-refractivity contribution in [2.75, 3.05) is 13.2 Å². The lowest BCUT2D eigenvalue weighted by Crippen LogP contribution is -2.21. The van der Waals surface area contributed by atoms with Crippen molar-refractivity contribution >= 4 is 29.4 Å². The van der Waals surface area contributed by atoms with E-state index in [1.165, 1.54) is 6.08 Å². The monoisotopic (exact) mass is 242 g/mol. The number of rotatable bonds is 8. The van der Waals surface area contributed by atoms with Gasteiger partial charge in [-0.1, -0.05) is 0 Å². The molecule has 0 rings (SSSR count). The first-order chi connectivity index (χ1) is 7.76. The summed E-state index contributed by atoms with van der Waals surface area (Å²) in [5.74, 6) is -0.390. The maximum Gasteiger partial charge on any atom is 0.331 e. The normalized spacial score (nSPS) is 10.8.